The molecule has 2 heterocycles. The quantitative estimate of drug-likeness (QED) is 0.331. The zero-order valence-corrected chi connectivity index (χ0v) is 24.2. The Morgan fingerprint density at radius 1 is 1.23 bits per heavy atom. The molecule has 4 rings (SSSR count). The fourth-order valence-electron chi connectivity index (χ4n) is 5.00. The molecule has 0 aromatic heterocycles. The van der Waals surface area contributed by atoms with Gasteiger partial charge in [0.05, 0.1) is 35.4 Å². The summed E-state index contributed by atoms with van der Waals surface area (Å²) >= 11 is 1.31. The number of aliphatic hydroxyl groups excluding tert-OH is 1. The molecule has 2 aliphatic rings. The van der Waals surface area contributed by atoms with E-state index in [4.69, 9.17) is 14.0 Å². The Labute approximate surface area is 238 Å². The van der Waals surface area contributed by atoms with Crippen LogP contribution in [-0.2, 0) is 31.6 Å². The topological polar surface area (TPSA) is 154 Å². The van der Waals surface area contributed by atoms with E-state index in [1.807, 2.05) is 0 Å². The van der Waals surface area contributed by atoms with Gasteiger partial charge in [0.2, 0.25) is 10.0 Å². The van der Waals surface area contributed by atoms with Gasteiger partial charge < -0.3 is 29.1 Å². The van der Waals surface area contributed by atoms with E-state index < -0.39 is 44.9 Å². The maximum Gasteiger partial charge on any atom is 0.407 e. The number of rotatable bonds is 10. The Bertz CT molecular complexity index is 1300. The molecule has 1 amide bonds. The predicted octanol–water partition coefficient (Wildman–Crippen LogP) is 2.90. The Kier molecular flexibility index (Phi) is 9.68. The zero-order chi connectivity index (χ0) is 28.2. The number of nitrogens with zero attached hydrogens (tertiary/aromatic N) is 2. The average molecular weight is 648 g/mol. The van der Waals surface area contributed by atoms with Crippen LogP contribution in [0.2, 0.25) is 0 Å². The van der Waals surface area contributed by atoms with Crippen molar-refractivity contribution in [2.75, 3.05) is 32.8 Å². The third-order valence-corrected chi connectivity index (χ3v) is 9.95. The first-order valence-electron chi connectivity index (χ1n) is 12.3. The van der Waals surface area contributed by atoms with Crippen molar-refractivity contribution in [3.05, 3.63) is 58.6 Å². The Balaban J connectivity index is 1.32. The maximum absolute atomic E-state index is 13.1. The molecule has 0 aliphatic carbocycles. The van der Waals surface area contributed by atoms with Crippen LogP contribution in [0.25, 0.3) is 0 Å². The van der Waals surface area contributed by atoms with Crippen molar-refractivity contribution in [2.45, 2.75) is 47.7 Å². The smallest absolute Gasteiger partial charge is 0.407 e. The minimum absolute atomic E-state index is 0.0519. The molecule has 0 radical (unpaired) electrons. The second kappa shape index (κ2) is 12.6. The van der Waals surface area contributed by atoms with E-state index in [2.05, 4.69) is 15.9 Å². The van der Waals surface area contributed by atoms with Gasteiger partial charge in [0.15, 0.2) is 11.1 Å². The third-order valence-electron chi connectivity index (χ3n) is 6.98. The highest BCUT2D eigenvalue weighted by molar-refractivity contribution is 9.10. The van der Waals surface area contributed by atoms with Gasteiger partial charge in [-0.25, -0.2) is 17.4 Å². The van der Waals surface area contributed by atoms with Crippen molar-refractivity contribution >= 4 is 43.1 Å². The summed E-state index contributed by atoms with van der Waals surface area (Å²) in [4.78, 5) is 13.4. The van der Waals surface area contributed by atoms with Gasteiger partial charge in [0, 0.05) is 17.6 Å². The van der Waals surface area contributed by atoms with E-state index in [0.717, 1.165) is 4.90 Å². The number of benzene rings is 2. The van der Waals surface area contributed by atoms with Gasteiger partial charge in [-0.2, -0.15) is 4.31 Å². The molecule has 2 aromatic rings. The number of carboxylic acid groups (broad SMARTS) is 1. The molecule has 3 atom stereocenters. The predicted molar refractivity (Wildman–Crippen MR) is 146 cm³/mol. The fourth-order valence-corrected chi connectivity index (χ4v) is 7.51. The van der Waals surface area contributed by atoms with Crippen LogP contribution >= 0.6 is 15.9 Å². The zero-order valence-electron chi connectivity index (χ0n) is 21.0. The highest BCUT2D eigenvalue weighted by Gasteiger charge is 2.47. The molecule has 39 heavy (non-hydrogen) atoms. The van der Waals surface area contributed by atoms with Gasteiger partial charge in [-0.3, -0.25) is 0 Å². The van der Waals surface area contributed by atoms with Gasteiger partial charge >= 0.3 is 6.09 Å². The lowest BCUT2D eigenvalue weighted by atomic mass is 9.88. The molecule has 2 aromatic carbocycles. The third kappa shape index (κ3) is 7.57. The summed E-state index contributed by atoms with van der Waals surface area (Å²) in [7, 11) is -3.66. The van der Waals surface area contributed by atoms with Crippen LogP contribution in [0.3, 0.4) is 0 Å². The van der Waals surface area contributed by atoms with Crippen LogP contribution in [0, 0.1) is 0 Å². The fraction of sp³-hybridized carbons (Fsp3) is 0.480. The first-order chi connectivity index (χ1) is 18.5. The lowest BCUT2D eigenvalue weighted by Gasteiger charge is -2.38. The normalized spacial score (nSPS) is 20.9. The molecule has 3 N–H and O–H groups in total. The molecule has 0 saturated carbocycles. The Hall–Kier alpha value is -2.07. The number of carbonyl (C=O) groups is 1. The van der Waals surface area contributed by atoms with E-state index in [9.17, 15) is 27.6 Å². The second-order valence-electron chi connectivity index (χ2n) is 9.73. The van der Waals surface area contributed by atoms with E-state index in [0.29, 0.717) is 35.0 Å². The summed E-state index contributed by atoms with van der Waals surface area (Å²) in [5.74, 6) is 0.343. The number of ether oxygens (including phenoxy) is 2. The van der Waals surface area contributed by atoms with Crippen molar-refractivity contribution < 1.29 is 41.7 Å². The largest absolute Gasteiger partial charge is 0.491 e. The highest BCUT2D eigenvalue weighted by atomic mass is 79.9. The number of aliphatic hydroxyl groups is 1. The van der Waals surface area contributed by atoms with Crippen molar-refractivity contribution in [1.29, 1.82) is 0 Å². The molecule has 214 valence electrons. The van der Waals surface area contributed by atoms with Crippen LogP contribution in [0.1, 0.15) is 24.8 Å². The number of halogens is 1. The summed E-state index contributed by atoms with van der Waals surface area (Å²) in [5, 5.41) is 20.4. The van der Waals surface area contributed by atoms with E-state index in [1.54, 1.807) is 48.5 Å². The first kappa shape index (κ1) is 29.9. The highest BCUT2D eigenvalue weighted by Crippen LogP contribution is 2.39. The van der Waals surface area contributed by atoms with Crippen molar-refractivity contribution in [3.63, 3.8) is 0 Å². The standard InChI is InChI=1S/C25H31BrN2O9S2/c26-19-4-2-6-23(12-19)39(34,35)27-9-7-25(8-10-27)13-20(15-37-25)28(24(30)31)14-21(29)16-36-22-5-1-3-18(11-22)17-38(32)33/h1-6,11-12,20-21,29H,7-10,13-17H2,(H,30,31)(H,32,33)/t20?,21-/m0/s1. The minimum atomic E-state index is -3.66. The number of sulfonamides is 1. The molecule has 2 unspecified atom stereocenters. The van der Waals surface area contributed by atoms with Crippen molar-refractivity contribution in [3.8, 4) is 5.75 Å². The molecule has 14 heteroatoms. The molecule has 11 nitrogen and oxygen atoms in total. The molecular formula is C25H31BrN2O9S2. The van der Waals surface area contributed by atoms with Crippen molar-refractivity contribution in [1.82, 2.24) is 9.21 Å². The van der Waals surface area contributed by atoms with Crippen molar-refractivity contribution in [2.24, 2.45) is 0 Å². The average Bonchev–Trinajstić information content (AvgIpc) is 3.28. The monoisotopic (exact) mass is 646 g/mol. The second-order valence-corrected chi connectivity index (χ2v) is 13.5. The Morgan fingerprint density at radius 2 is 1.95 bits per heavy atom. The van der Waals surface area contributed by atoms with Gasteiger partial charge in [-0.15, -0.1) is 0 Å². The summed E-state index contributed by atoms with van der Waals surface area (Å²) in [6.45, 7) is 0.306. The molecule has 0 bridgehead atoms. The van der Waals surface area contributed by atoms with E-state index >= 15 is 0 Å². The van der Waals surface area contributed by atoms with Crippen LogP contribution in [0.15, 0.2) is 57.9 Å². The number of hydrogen-bond acceptors (Lipinski definition) is 7. The lowest BCUT2D eigenvalue weighted by Crippen LogP contribution is -2.48. The molecule has 1 spiro atoms. The van der Waals surface area contributed by atoms with E-state index in [-0.39, 0.29) is 43.5 Å². The summed E-state index contributed by atoms with van der Waals surface area (Å²) in [6.07, 6.45) is -1.04. The number of hydrogen-bond donors (Lipinski definition) is 3. The van der Waals surface area contributed by atoms with Gasteiger partial charge in [0.25, 0.3) is 0 Å². The summed E-state index contributed by atoms with van der Waals surface area (Å²) < 4.78 is 60.0. The van der Waals surface area contributed by atoms with E-state index in [1.165, 1.54) is 4.31 Å². The first-order valence-corrected chi connectivity index (χ1v) is 15.8. The van der Waals surface area contributed by atoms with Crippen LogP contribution in [-0.4, -0.2) is 93.3 Å². The number of amides is 1. The number of piperidine rings is 1. The molecule has 2 fully saturated rings. The maximum atomic E-state index is 13.1. The van der Waals surface area contributed by atoms with Gasteiger partial charge in [0.1, 0.15) is 18.5 Å². The van der Waals surface area contributed by atoms with Crippen LogP contribution in [0.4, 0.5) is 4.79 Å². The SMILES string of the molecule is O=C(O)N(C[C@H](O)COc1cccc(CS(=O)O)c1)C1COC2(CCN(S(=O)(=O)c3cccc(Br)c3)CC2)C1. The summed E-state index contributed by atoms with van der Waals surface area (Å²) in [6, 6.07) is 12.6. The minimum Gasteiger partial charge on any atom is -0.491 e. The lowest BCUT2D eigenvalue weighted by molar-refractivity contribution is -0.0319. The van der Waals surface area contributed by atoms with Gasteiger partial charge in [-0.05, 0) is 55.2 Å². The van der Waals surface area contributed by atoms with Crippen LogP contribution < -0.4 is 4.74 Å². The van der Waals surface area contributed by atoms with Crippen LogP contribution in [0.5, 0.6) is 5.75 Å². The summed E-state index contributed by atoms with van der Waals surface area (Å²) in [5.41, 5.74) is -0.0324. The molecular weight excluding hydrogens is 616 g/mol. The van der Waals surface area contributed by atoms with Gasteiger partial charge in [-0.1, -0.05) is 34.1 Å². The molecule has 2 saturated heterocycles. The molecule has 2 aliphatic heterocycles. The Morgan fingerprint density at radius 3 is 2.62 bits per heavy atom.